The summed E-state index contributed by atoms with van der Waals surface area (Å²) in [5.74, 6) is 0.103. The molecule has 1 heterocycles. The Morgan fingerprint density at radius 1 is 1.24 bits per heavy atom. The van der Waals surface area contributed by atoms with Crippen molar-refractivity contribution >= 4 is 15.9 Å². The monoisotopic (exact) mass is 352 g/mol. The minimum absolute atomic E-state index is 0.117. The van der Waals surface area contributed by atoms with Crippen molar-refractivity contribution in [1.82, 2.24) is 9.55 Å². The average molecular weight is 353 g/mol. The number of aromatic nitrogens is 2. The summed E-state index contributed by atoms with van der Waals surface area (Å²) in [6.45, 7) is 4.43. The molecule has 0 atom stereocenters. The van der Waals surface area contributed by atoms with E-state index in [0.29, 0.717) is 18.0 Å². The number of H-pyrrole nitrogens is 1. The maximum absolute atomic E-state index is 12.0. The third-order valence-corrected chi connectivity index (χ3v) is 3.76. The molecule has 0 aliphatic rings. The second-order valence-electron chi connectivity index (χ2n) is 5.30. The van der Waals surface area contributed by atoms with Crippen LogP contribution in [0.2, 0.25) is 0 Å². The highest BCUT2D eigenvalue weighted by atomic mass is 79.9. The summed E-state index contributed by atoms with van der Waals surface area (Å²) in [6.07, 6.45) is 0.735. The van der Waals surface area contributed by atoms with Crippen LogP contribution in [-0.4, -0.2) is 14.7 Å². The van der Waals surface area contributed by atoms with E-state index >= 15 is 0 Å². The molecule has 6 heteroatoms. The summed E-state index contributed by atoms with van der Waals surface area (Å²) in [5.41, 5.74) is -0.485. The maximum atomic E-state index is 12.0. The van der Waals surface area contributed by atoms with Gasteiger partial charge in [0.15, 0.2) is 0 Å². The van der Waals surface area contributed by atoms with Crippen molar-refractivity contribution in [3.8, 4) is 17.0 Å². The van der Waals surface area contributed by atoms with E-state index in [4.69, 9.17) is 0 Å². The number of rotatable bonds is 4. The summed E-state index contributed by atoms with van der Waals surface area (Å²) in [4.78, 5) is 26.1. The highest BCUT2D eigenvalue weighted by Crippen LogP contribution is 2.25. The van der Waals surface area contributed by atoms with E-state index in [1.54, 1.807) is 24.3 Å². The van der Waals surface area contributed by atoms with Crippen molar-refractivity contribution in [3.63, 3.8) is 0 Å². The van der Waals surface area contributed by atoms with Crippen LogP contribution in [0.3, 0.4) is 0 Å². The van der Waals surface area contributed by atoms with Crippen LogP contribution in [0, 0.1) is 5.92 Å². The van der Waals surface area contributed by atoms with Gasteiger partial charge >= 0.3 is 5.69 Å². The van der Waals surface area contributed by atoms with Crippen LogP contribution < -0.4 is 11.2 Å². The van der Waals surface area contributed by atoms with Gasteiger partial charge in [-0.2, -0.15) is 0 Å². The van der Waals surface area contributed by atoms with Gasteiger partial charge in [-0.3, -0.25) is 14.3 Å². The Hall–Kier alpha value is -1.82. The fraction of sp³-hybridized carbons (Fsp3) is 0.333. The zero-order valence-corrected chi connectivity index (χ0v) is 13.5. The molecule has 0 unspecified atom stereocenters. The lowest BCUT2D eigenvalue weighted by Crippen LogP contribution is -2.31. The topological polar surface area (TPSA) is 75.1 Å². The number of hydrogen-bond donors (Lipinski definition) is 2. The molecule has 0 fully saturated rings. The van der Waals surface area contributed by atoms with E-state index in [0.717, 1.165) is 10.9 Å². The SMILES string of the molecule is CC(C)CCn1c(O)c(-c2ccc(Br)cc2)c(=O)[nH]c1=O. The molecule has 21 heavy (non-hydrogen) atoms. The first-order chi connectivity index (χ1) is 9.90. The summed E-state index contributed by atoms with van der Waals surface area (Å²) < 4.78 is 2.08. The fourth-order valence-electron chi connectivity index (χ4n) is 2.03. The standard InChI is InChI=1S/C15H17BrN2O3/c1-9(2)7-8-18-14(20)12(13(19)17-15(18)21)10-3-5-11(16)6-4-10/h3-6,9,20H,7-8H2,1-2H3,(H,17,19,21). The third kappa shape index (κ3) is 3.44. The van der Waals surface area contributed by atoms with Crippen molar-refractivity contribution < 1.29 is 5.11 Å². The van der Waals surface area contributed by atoms with Crippen LogP contribution in [0.4, 0.5) is 0 Å². The Bertz CT molecular complexity index is 745. The number of benzene rings is 1. The lowest BCUT2D eigenvalue weighted by atomic mass is 10.1. The van der Waals surface area contributed by atoms with Crippen LogP contribution in [0.1, 0.15) is 20.3 Å². The van der Waals surface area contributed by atoms with Gasteiger partial charge in [0.05, 0.1) is 0 Å². The fourth-order valence-corrected chi connectivity index (χ4v) is 2.30. The quantitative estimate of drug-likeness (QED) is 0.888. The number of aromatic hydroxyl groups is 1. The third-order valence-electron chi connectivity index (χ3n) is 3.23. The zero-order chi connectivity index (χ0) is 15.6. The molecule has 0 amide bonds. The molecule has 0 aliphatic carbocycles. The van der Waals surface area contributed by atoms with Gasteiger partial charge in [-0.1, -0.05) is 41.9 Å². The molecular formula is C15H17BrN2O3. The molecule has 2 rings (SSSR count). The molecule has 112 valence electrons. The van der Waals surface area contributed by atoms with Crippen LogP contribution >= 0.6 is 15.9 Å². The number of nitrogens with zero attached hydrogens (tertiary/aromatic N) is 1. The molecule has 2 N–H and O–H groups in total. The van der Waals surface area contributed by atoms with Crippen molar-refractivity contribution in [2.45, 2.75) is 26.8 Å². The molecule has 1 aromatic carbocycles. The molecule has 0 saturated heterocycles. The van der Waals surface area contributed by atoms with Crippen molar-refractivity contribution in [2.75, 3.05) is 0 Å². The molecule has 0 bridgehead atoms. The molecule has 5 nitrogen and oxygen atoms in total. The normalized spacial score (nSPS) is 11.0. The second kappa shape index (κ2) is 6.30. The van der Waals surface area contributed by atoms with Crippen molar-refractivity contribution in [3.05, 3.63) is 49.6 Å². The minimum Gasteiger partial charge on any atom is -0.494 e. The average Bonchev–Trinajstić information content (AvgIpc) is 2.40. The summed E-state index contributed by atoms with van der Waals surface area (Å²) in [7, 11) is 0. The van der Waals surface area contributed by atoms with E-state index < -0.39 is 11.2 Å². The number of nitrogens with one attached hydrogen (secondary N) is 1. The Morgan fingerprint density at radius 3 is 2.43 bits per heavy atom. The van der Waals surface area contributed by atoms with E-state index in [1.165, 1.54) is 4.57 Å². The van der Waals surface area contributed by atoms with Gasteiger partial charge in [0.25, 0.3) is 5.56 Å². The Balaban J connectivity index is 2.56. The number of aromatic amines is 1. The number of halogens is 1. The first-order valence-corrected chi connectivity index (χ1v) is 7.51. The van der Waals surface area contributed by atoms with Crippen molar-refractivity contribution in [2.24, 2.45) is 5.92 Å². The largest absolute Gasteiger partial charge is 0.494 e. The van der Waals surface area contributed by atoms with Gasteiger partial charge in [-0.15, -0.1) is 0 Å². The van der Waals surface area contributed by atoms with E-state index in [1.807, 2.05) is 13.8 Å². The predicted octanol–water partition coefficient (Wildman–Crippen LogP) is 2.72. The molecule has 0 radical (unpaired) electrons. The van der Waals surface area contributed by atoms with E-state index in [-0.39, 0.29) is 11.4 Å². The highest BCUT2D eigenvalue weighted by Gasteiger charge is 2.16. The van der Waals surface area contributed by atoms with Gasteiger partial charge in [0.1, 0.15) is 5.56 Å². The first-order valence-electron chi connectivity index (χ1n) is 6.72. The summed E-state index contributed by atoms with van der Waals surface area (Å²) >= 11 is 3.32. The molecule has 2 aromatic rings. The summed E-state index contributed by atoms with van der Waals surface area (Å²) in [5, 5.41) is 10.3. The molecule has 0 spiro atoms. The van der Waals surface area contributed by atoms with Crippen LogP contribution in [0.25, 0.3) is 11.1 Å². The molecule has 1 aromatic heterocycles. The van der Waals surface area contributed by atoms with Gasteiger partial charge in [0, 0.05) is 11.0 Å². The first kappa shape index (κ1) is 15.6. The van der Waals surface area contributed by atoms with Crippen molar-refractivity contribution in [1.29, 1.82) is 0 Å². The van der Waals surface area contributed by atoms with Gasteiger partial charge in [-0.05, 0) is 30.0 Å². The molecule has 0 saturated carbocycles. The van der Waals surface area contributed by atoms with Crippen LogP contribution in [0.5, 0.6) is 5.88 Å². The minimum atomic E-state index is -0.584. The second-order valence-corrected chi connectivity index (χ2v) is 6.21. The van der Waals surface area contributed by atoms with E-state index in [9.17, 15) is 14.7 Å². The molecular weight excluding hydrogens is 336 g/mol. The maximum Gasteiger partial charge on any atom is 0.331 e. The van der Waals surface area contributed by atoms with Crippen LogP contribution in [-0.2, 0) is 6.54 Å². The Labute approximate surface area is 130 Å². The lowest BCUT2D eigenvalue weighted by molar-refractivity contribution is 0.386. The van der Waals surface area contributed by atoms with Gasteiger partial charge < -0.3 is 5.11 Å². The predicted molar refractivity (Wildman–Crippen MR) is 85.6 cm³/mol. The zero-order valence-electron chi connectivity index (χ0n) is 11.9. The summed E-state index contributed by atoms with van der Waals surface area (Å²) in [6, 6.07) is 6.98. The van der Waals surface area contributed by atoms with Crippen LogP contribution in [0.15, 0.2) is 38.3 Å². The smallest absolute Gasteiger partial charge is 0.331 e. The molecule has 0 aliphatic heterocycles. The van der Waals surface area contributed by atoms with E-state index in [2.05, 4.69) is 20.9 Å². The Kier molecular flexibility index (Phi) is 4.67. The van der Waals surface area contributed by atoms with Gasteiger partial charge in [0.2, 0.25) is 5.88 Å². The Morgan fingerprint density at radius 2 is 1.86 bits per heavy atom. The number of hydrogen-bond acceptors (Lipinski definition) is 3. The lowest BCUT2D eigenvalue weighted by Gasteiger charge is -2.12. The van der Waals surface area contributed by atoms with Gasteiger partial charge in [-0.25, -0.2) is 4.79 Å². The highest BCUT2D eigenvalue weighted by molar-refractivity contribution is 9.10.